The number of pyridine rings is 1. The van der Waals surface area contributed by atoms with Gasteiger partial charge in [-0.05, 0) is 42.3 Å². The number of hydrogen-bond acceptors (Lipinski definition) is 7. The third-order valence-corrected chi connectivity index (χ3v) is 6.67. The van der Waals surface area contributed by atoms with Crippen molar-refractivity contribution in [2.24, 2.45) is 0 Å². The summed E-state index contributed by atoms with van der Waals surface area (Å²) in [6.07, 6.45) is 4.53. The molecule has 0 aliphatic carbocycles. The van der Waals surface area contributed by atoms with Crippen molar-refractivity contribution in [3.8, 4) is 0 Å². The molecule has 0 amide bonds. The highest BCUT2D eigenvalue weighted by Crippen LogP contribution is 2.27. The van der Waals surface area contributed by atoms with Crippen LogP contribution < -0.4 is 10.2 Å². The highest BCUT2D eigenvalue weighted by Gasteiger charge is 2.20. The van der Waals surface area contributed by atoms with E-state index in [0.717, 1.165) is 77.7 Å². The van der Waals surface area contributed by atoms with Crippen LogP contribution in [0.2, 0.25) is 10.3 Å². The lowest BCUT2D eigenvalue weighted by molar-refractivity contribution is 0.672. The maximum absolute atomic E-state index is 6.26. The third-order valence-electron chi connectivity index (χ3n) is 5.32. The molecule has 1 saturated heterocycles. The molecule has 1 N–H and O–H groups in total. The number of nitrogens with zero attached hydrogens (tertiary/aromatic N) is 6. The number of aromatic nitrogens is 5. The summed E-state index contributed by atoms with van der Waals surface area (Å²) < 4.78 is 2.05. The summed E-state index contributed by atoms with van der Waals surface area (Å²) >= 11 is 14.3. The number of rotatable bonds is 6. The number of hydrogen-bond donors (Lipinski definition) is 1. The van der Waals surface area contributed by atoms with Crippen LogP contribution >= 0.6 is 35.0 Å². The molecule has 0 bridgehead atoms. The number of aryl methyl sites for hydroxylation is 1. The molecule has 0 spiro atoms. The molecule has 160 valence electrons. The fourth-order valence-corrected chi connectivity index (χ4v) is 5.04. The average molecular weight is 474 g/mol. The van der Waals surface area contributed by atoms with E-state index in [0.29, 0.717) is 5.02 Å². The molecule has 4 aromatic rings. The second kappa shape index (κ2) is 9.06. The van der Waals surface area contributed by atoms with Crippen LogP contribution in [0.3, 0.4) is 0 Å². The topological polar surface area (TPSA) is 71.8 Å². The first-order chi connectivity index (χ1) is 15.2. The number of halogens is 2. The van der Waals surface area contributed by atoms with E-state index in [9.17, 15) is 0 Å². The molecule has 1 aromatic carbocycles. The predicted molar refractivity (Wildman–Crippen MR) is 130 cm³/mol. The van der Waals surface area contributed by atoms with Crippen LogP contribution in [-0.4, -0.2) is 55.6 Å². The molecule has 31 heavy (non-hydrogen) atoms. The number of imidazole rings is 1. The SMILES string of the molecule is Clc1ccc2c(NCCCn3cnc4c(N5CCSCC5)nc(Cl)nc43)ccnc2c1. The Morgan fingerprint density at radius 2 is 1.94 bits per heavy atom. The van der Waals surface area contributed by atoms with Gasteiger partial charge in [0, 0.05) is 60.0 Å². The maximum atomic E-state index is 6.26. The van der Waals surface area contributed by atoms with E-state index in [1.807, 2.05) is 42.4 Å². The fraction of sp³-hybridized carbons (Fsp3) is 0.333. The summed E-state index contributed by atoms with van der Waals surface area (Å²) in [7, 11) is 0. The van der Waals surface area contributed by atoms with Crippen molar-refractivity contribution < 1.29 is 0 Å². The number of fused-ring (bicyclic) bond motifs is 2. The Morgan fingerprint density at radius 3 is 2.81 bits per heavy atom. The summed E-state index contributed by atoms with van der Waals surface area (Å²) in [4.78, 5) is 20.2. The standard InChI is InChI=1S/C21H21Cl2N7S/c22-14-2-3-15-16(4-6-25-17(15)12-14)24-5-1-7-30-13-26-18-19(27-21(23)28-20(18)30)29-8-10-31-11-9-29/h2-4,6,12-13H,1,5,7-11H2,(H,24,25). The predicted octanol–water partition coefficient (Wildman–Crippen LogP) is 4.74. The lowest BCUT2D eigenvalue weighted by Crippen LogP contribution is -2.33. The second-order valence-corrected chi connectivity index (χ2v) is 9.33. The normalized spacial score (nSPS) is 14.5. The Morgan fingerprint density at radius 1 is 1.06 bits per heavy atom. The smallest absolute Gasteiger partial charge is 0.226 e. The quantitative estimate of drug-likeness (QED) is 0.320. The first kappa shape index (κ1) is 20.6. The van der Waals surface area contributed by atoms with Crippen molar-refractivity contribution in [2.75, 3.05) is 41.4 Å². The zero-order valence-electron chi connectivity index (χ0n) is 16.8. The second-order valence-electron chi connectivity index (χ2n) is 7.33. The van der Waals surface area contributed by atoms with Crippen LogP contribution in [0.4, 0.5) is 11.5 Å². The first-order valence-corrected chi connectivity index (χ1v) is 12.1. The van der Waals surface area contributed by atoms with Crippen LogP contribution in [0.5, 0.6) is 0 Å². The molecule has 7 nitrogen and oxygen atoms in total. The van der Waals surface area contributed by atoms with E-state index in [4.69, 9.17) is 23.2 Å². The number of nitrogens with one attached hydrogen (secondary N) is 1. The van der Waals surface area contributed by atoms with Gasteiger partial charge in [-0.2, -0.15) is 21.7 Å². The number of benzene rings is 1. The van der Waals surface area contributed by atoms with Crippen LogP contribution in [0.1, 0.15) is 6.42 Å². The van der Waals surface area contributed by atoms with Crippen LogP contribution in [0.15, 0.2) is 36.8 Å². The molecular formula is C21H21Cl2N7S. The summed E-state index contributed by atoms with van der Waals surface area (Å²) in [6.45, 7) is 3.49. The molecule has 1 fully saturated rings. The Labute approximate surface area is 194 Å². The van der Waals surface area contributed by atoms with Gasteiger partial charge < -0.3 is 14.8 Å². The highest BCUT2D eigenvalue weighted by atomic mass is 35.5. The fourth-order valence-electron chi connectivity index (χ4n) is 3.81. The van der Waals surface area contributed by atoms with Gasteiger partial charge in [0.05, 0.1) is 11.8 Å². The van der Waals surface area contributed by atoms with Crippen molar-refractivity contribution >= 4 is 68.5 Å². The van der Waals surface area contributed by atoms with Gasteiger partial charge in [-0.1, -0.05) is 11.6 Å². The van der Waals surface area contributed by atoms with Crippen molar-refractivity contribution in [3.63, 3.8) is 0 Å². The summed E-state index contributed by atoms with van der Waals surface area (Å²) in [6, 6.07) is 7.74. The van der Waals surface area contributed by atoms with Gasteiger partial charge in [-0.15, -0.1) is 0 Å². The van der Waals surface area contributed by atoms with Crippen molar-refractivity contribution in [3.05, 3.63) is 47.1 Å². The summed E-state index contributed by atoms with van der Waals surface area (Å²) in [5.41, 5.74) is 3.54. The van der Waals surface area contributed by atoms with Gasteiger partial charge in [0.1, 0.15) is 0 Å². The molecule has 0 unspecified atom stereocenters. The molecule has 4 heterocycles. The zero-order chi connectivity index (χ0) is 21.2. The van der Waals surface area contributed by atoms with E-state index >= 15 is 0 Å². The maximum Gasteiger partial charge on any atom is 0.226 e. The van der Waals surface area contributed by atoms with Crippen LogP contribution in [-0.2, 0) is 6.54 Å². The van der Waals surface area contributed by atoms with Crippen molar-refractivity contribution in [1.82, 2.24) is 24.5 Å². The van der Waals surface area contributed by atoms with Gasteiger partial charge in [0.2, 0.25) is 5.28 Å². The van der Waals surface area contributed by atoms with Crippen LogP contribution in [0.25, 0.3) is 22.1 Å². The Balaban J connectivity index is 1.29. The molecule has 3 aromatic heterocycles. The van der Waals surface area contributed by atoms with Crippen LogP contribution in [0, 0.1) is 0 Å². The third kappa shape index (κ3) is 4.37. The molecule has 0 saturated carbocycles. The van der Waals surface area contributed by atoms with Crippen molar-refractivity contribution in [2.45, 2.75) is 13.0 Å². The van der Waals surface area contributed by atoms with E-state index in [-0.39, 0.29) is 5.28 Å². The summed E-state index contributed by atoms with van der Waals surface area (Å²) in [5.74, 6) is 3.02. The van der Waals surface area contributed by atoms with E-state index in [1.165, 1.54) is 0 Å². The average Bonchev–Trinajstić information content (AvgIpc) is 3.19. The molecule has 0 radical (unpaired) electrons. The molecule has 1 aliphatic rings. The van der Waals surface area contributed by atoms with E-state index < -0.39 is 0 Å². The minimum atomic E-state index is 0.266. The Kier molecular flexibility index (Phi) is 6.02. The first-order valence-electron chi connectivity index (χ1n) is 10.2. The van der Waals surface area contributed by atoms with Crippen molar-refractivity contribution in [1.29, 1.82) is 0 Å². The molecular weight excluding hydrogens is 453 g/mol. The van der Waals surface area contributed by atoms with Gasteiger partial charge in [0.15, 0.2) is 17.0 Å². The summed E-state index contributed by atoms with van der Waals surface area (Å²) in [5, 5.41) is 5.52. The van der Waals surface area contributed by atoms with E-state index in [1.54, 1.807) is 6.20 Å². The largest absolute Gasteiger partial charge is 0.384 e. The van der Waals surface area contributed by atoms with Gasteiger partial charge in [-0.3, -0.25) is 4.98 Å². The molecule has 0 atom stereocenters. The zero-order valence-corrected chi connectivity index (χ0v) is 19.1. The molecule has 10 heteroatoms. The Bertz CT molecular complexity index is 1220. The molecule has 1 aliphatic heterocycles. The highest BCUT2D eigenvalue weighted by molar-refractivity contribution is 7.99. The minimum absolute atomic E-state index is 0.266. The van der Waals surface area contributed by atoms with E-state index in [2.05, 4.69) is 34.7 Å². The van der Waals surface area contributed by atoms with Gasteiger partial charge in [0.25, 0.3) is 0 Å². The number of anilines is 2. The Hall–Kier alpha value is -2.29. The lowest BCUT2D eigenvalue weighted by atomic mass is 10.2. The number of thioether (sulfide) groups is 1. The van der Waals surface area contributed by atoms with Gasteiger partial charge >= 0.3 is 0 Å². The van der Waals surface area contributed by atoms with Gasteiger partial charge in [-0.25, -0.2) is 4.98 Å². The molecule has 5 rings (SSSR count). The monoisotopic (exact) mass is 473 g/mol. The minimum Gasteiger partial charge on any atom is -0.384 e. The lowest BCUT2D eigenvalue weighted by Gasteiger charge is -2.27.